The van der Waals surface area contributed by atoms with Crippen LogP contribution in [0.5, 0.6) is 0 Å². The lowest BCUT2D eigenvalue weighted by Crippen LogP contribution is -2.47. The number of aryl methyl sites for hydroxylation is 1. The van der Waals surface area contributed by atoms with Crippen molar-refractivity contribution in [3.05, 3.63) is 71.3 Å². The van der Waals surface area contributed by atoms with E-state index in [0.717, 1.165) is 17.5 Å². The first kappa shape index (κ1) is 15.6. The highest BCUT2D eigenvalue weighted by molar-refractivity contribution is 5.70. The van der Waals surface area contributed by atoms with E-state index in [4.69, 9.17) is 4.74 Å². The Morgan fingerprint density at radius 2 is 1.74 bits per heavy atom. The van der Waals surface area contributed by atoms with Crippen molar-refractivity contribution < 1.29 is 9.53 Å². The molecule has 3 nitrogen and oxygen atoms in total. The number of ether oxygens (including phenoxy) is 1. The molecule has 23 heavy (non-hydrogen) atoms. The summed E-state index contributed by atoms with van der Waals surface area (Å²) in [5, 5.41) is 0. The second kappa shape index (κ2) is 6.07. The molecular formula is C20H23NO2. The molecule has 120 valence electrons. The van der Waals surface area contributed by atoms with Crippen LogP contribution in [0, 0.1) is 6.92 Å². The molecule has 0 aliphatic carbocycles. The lowest BCUT2D eigenvalue weighted by molar-refractivity contribution is -0.0491. The van der Waals surface area contributed by atoms with Gasteiger partial charge < -0.3 is 9.64 Å². The average molecular weight is 309 g/mol. The van der Waals surface area contributed by atoms with Gasteiger partial charge >= 0.3 is 6.09 Å². The Labute approximate surface area is 137 Å². The maximum absolute atomic E-state index is 12.6. The predicted octanol–water partition coefficient (Wildman–Crippen LogP) is 4.81. The van der Waals surface area contributed by atoms with Crippen LogP contribution < -0.4 is 0 Å². The number of carbonyl (C=O) groups excluding carboxylic acids is 1. The van der Waals surface area contributed by atoms with Gasteiger partial charge in [-0.3, -0.25) is 0 Å². The third kappa shape index (κ3) is 3.09. The summed E-state index contributed by atoms with van der Waals surface area (Å²) >= 11 is 0. The number of carbonyl (C=O) groups is 1. The third-order valence-corrected chi connectivity index (χ3v) is 4.79. The first-order chi connectivity index (χ1) is 11.0. The van der Waals surface area contributed by atoms with Gasteiger partial charge in [-0.1, -0.05) is 60.2 Å². The Balaban J connectivity index is 1.77. The lowest BCUT2D eigenvalue weighted by Gasteiger charge is -2.41. The number of amides is 1. The second-order valence-electron chi connectivity index (χ2n) is 6.49. The fourth-order valence-corrected chi connectivity index (χ4v) is 3.10. The minimum Gasteiger partial charge on any atom is -0.438 e. The third-order valence-electron chi connectivity index (χ3n) is 4.79. The van der Waals surface area contributed by atoms with Gasteiger partial charge in [0.1, 0.15) is 5.60 Å². The molecule has 0 unspecified atom stereocenters. The van der Waals surface area contributed by atoms with Crippen LogP contribution in [-0.4, -0.2) is 17.5 Å². The summed E-state index contributed by atoms with van der Waals surface area (Å²) < 4.78 is 5.84. The predicted molar refractivity (Wildman–Crippen MR) is 91.2 cm³/mol. The van der Waals surface area contributed by atoms with E-state index in [9.17, 15) is 4.79 Å². The maximum atomic E-state index is 12.6. The summed E-state index contributed by atoms with van der Waals surface area (Å²) in [6.07, 6.45) is 0.551. The number of cyclic esters (lactones) is 1. The van der Waals surface area contributed by atoms with E-state index in [1.165, 1.54) is 5.56 Å². The number of nitrogens with zero attached hydrogens (tertiary/aromatic N) is 1. The van der Waals surface area contributed by atoms with Crippen molar-refractivity contribution in [2.75, 3.05) is 6.54 Å². The molecule has 1 aliphatic rings. The molecule has 1 aliphatic heterocycles. The van der Waals surface area contributed by atoms with Gasteiger partial charge in [-0.15, -0.1) is 0 Å². The summed E-state index contributed by atoms with van der Waals surface area (Å²) in [6.45, 7) is 6.80. The average Bonchev–Trinajstić information content (AvgIpc) is 2.56. The normalized spacial score (nSPS) is 22.6. The summed E-state index contributed by atoms with van der Waals surface area (Å²) in [7, 11) is 0. The van der Waals surface area contributed by atoms with E-state index in [-0.39, 0.29) is 12.1 Å². The highest BCUT2D eigenvalue weighted by Crippen LogP contribution is 2.36. The molecule has 0 aromatic heterocycles. The molecule has 1 amide bonds. The molecule has 3 rings (SSSR count). The topological polar surface area (TPSA) is 29.5 Å². The van der Waals surface area contributed by atoms with E-state index in [2.05, 4.69) is 31.2 Å². The van der Waals surface area contributed by atoms with Gasteiger partial charge in [-0.2, -0.15) is 0 Å². The SMILES string of the molecule is Cc1ccc([C@@]2(C)CCN([C@@H](C)c3ccccc3)C(=O)O2)cc1. The van der Waals surface area contributed by atoms with Crippen molar-refractivity contribution in [3.63, 3.8) is 0 Å². The number of hydrogen-bond acceptors (Lipinski definition) is 2. The van der Waals surface area contributed by atoms with E-state index in [1.807, 2.05) is 49.1 Å². The molecule has 0 saturated carbocycles. The molecule has 2 atom stereocenters. The molecule has 0 spiro atoms. The van der Waals surface area contributed by atoms with Gasteiger partial charge in [0.25, 0.3) is 0 Å². The van der Waals surface area contributed by atoms with Crippen molar-refractivity contribution in [2.24, 2.45) is 0 Å². The van der Waals surface area contributed by atoms with Crippen molar-refractivity contribution >= 4 is 6.09 Å². The number of hydrogen-bond donors (Lipinski definition) is 0. The molecule has 0 radical (unpaired) electrons. The minimum atomic E-state index is -0.544. The smallest absolute Gasteiger partial charge is 0.411 e. The zero-order valence-electron chi connectivity index (χ0n) is 14.0. The van der Waals surface area contributed by atoms with Gasteiger partial charge in [0.15, 0.2) is 0 Å². The Morgan fingerprint density at radius 3 is 2.35 bits per heavy atom. The molecule has 2 aromatic rings. The highest BCUT2D eigenvalue weighted by Gasteiger charge is 2.39. The maximum Gasteiger partial charge on any atom is 0.411 e. The fraction of sp³-hybridized carbons (Fsp3) is 0.350. The van der Waals surface area contributed by atoms with Crippen molar-refractivity contribution in [2.45, 2.75) is 38.8 Å². The standard InChI is InChI=1S/C20H23NO2/c1-15-9-11-18(12-10-15)20(3)13-14-21(19(22)23-20)16(2)17-7-5-4-6-8-17/h4-12,16H,13-14H2,1-3H3/t16-,20+/m0/s1. The van der Waals surface area contributed by atoms with Crippen molar-refractivity contribution in [1.29, 1.82) is 0 Å². The van der Waals surface area contributed by atoms with E-state index in [0.29, 0.717) is 6.54 Å². The molecule has 2 aromatic carbocycles. The first-order valence-corrected chi connectivity index (χ1v) is 8.11. The zero-order valence-corrected chi connectivity index (χ0v) is 14.0. The summed E-state index contributed by atoms with van der Waals surface area (Å²) in [5.74, 6) is 0. The molecule has 1 fully saturated rings. The highest BCUT2D eigenvalue weighted by atomic mass is 16.6. The lowest BCUT2D eigenvalue weighted by atomic mass is 9.90. The van der Waals surface area contributed by atoms with Crippen LogP contribution in [0.25, 0.3) is 0 Å². The number of benzene rings is 2. The minimum absolute atomic E-state index is 0.0197. The van der Waals surface area contributed by atoms with Crippen LogP contribution in [0.15, 0.2) is 54.6 Å². The van der Waals surface area contributed by atoms with E-state index >= 15 is 0 Å². The van der Waals surface area contributed by atoms with Gasteiger partial charge in [0, 0.05) is 13.0 Å². The number of rotatable bonds is 3. The first-order valence-electron chi connectivity index (χ1n) is 8.11. The van der Waals surface area contributed by atoms with Gasteiger partial charge in [-0.05, 0) is 31.9 Å². The summed E-state index contributed by atoms with van der Waals surface area (Å²) in [6, 6.07) is 18.3. The van der Waals surface area contributed by atoms with Gasteiger partial charge in [0.05, 0.1) is 6.04 Å². The largest absolute Gasteiger partial charge is 0.438 e. The molecule has 1 saturated heterocycles. The van der Waals surface area contributed by atoms with Gasteiger partial charge in [-0.25, -0.2) is 4.79 Å². The van der Waals surface area contributed by atoms with Crippen molar-refractivity contribution in [1.82, 2.24) is 4.90 Å². The fourth-order valence-electron chi connectivity index (χ4n) is 3.10. The second-order valence-corrected chi connectivity index (χ2v) is 6.49. The Morgan fingerprint density at radius 1 is 1.09 bits per heavy atom. The molecule has 0 N–H and O–H groups in total. The van der Waals surface area contributed by atoms with Crippen LogP contribution in [0.1, 0.15) is 43.0 Å². The van der Waals surface area contributed by atoms with Gasteiger partial charge in [0.2, 0.25) is 0 Å². The van der Waals surface area contributed by atoms with E-state index in [1.54, 1.807) is 0 Å². The van der Waals surface area contributed by atoms with E-state index < -0.39 is 5.60 Å². The van der Waals surface area contributed by atoms with Crippen LogP contribution in [0.4, 0.5) is 4.79 Å². The summed E-state index contributed by atoms with van der Waals surface area (Å²) in [4.78, 5) is 14.4. The Hall–Kier alpha value is -2.29. The summed E-state index contributed by atoms with van der Waals surface area (Å²) in [5.41, 5.74) is 2.85. The van der Waals surface area contributed by atoms with Crippen molar-refractivity contribution in [3.8, 4) is 0 Å². The Kier molecular flexibility index (Phi) is 4.12. The van der Waals surface area contributed by atoms with Crippen LogP contribution >= 0.6 is 0 Å². The van der Waals surface area contributed by atoms with Crippen LogP contribution in [0.2, 0.25) is 0 Å². The molecular weight excluding hydrogens is 286 g/mol. The molecule has 3 heteroatoms. The monoisotopic (exact) mass is 309 g/mol. The molecule has 0 bridgehead atoms. The zero-order chi connectivity index (χ0) is 16.4. The molecule has 1 heterocycles. The Bertz CT molecular complexity index is 681. The van der Waals surface area contributed by atoms with Crippen LogP contribution in [-0.2, 0) is 10.3 Å². The van der Waals surface area contributed by atoms with Crippen LogP contribution in [0.3, 0.4) is 0 Å². The quantitative estimate of drug-likeness (QED) is 0.814.